The minimum absolute atomic E-state index is 0.213. The van der Waals surface area contributed by atoms with Gasteiger partial charge in [0.25, 0.3) is 0 Å². The van der Waals surface area contributed by atoms with E-state index in [1.165, 1.54) is 0 Å². The molecule has 0 aliphatic rings. The summed E-state index contributed by atoms with van der Waals surface area (Å²) in [6, 6.07) is 10.3. The van der Waals surface area contributed by atoms with Crippen LogP contribution in [0.2, 0.25) is 5.02 Å². The number of halogens is 2. The molecule has 2 aromatic carbocycles. The Morgan fingerprint density at radius 3 is 2.89 bits per heavy atom. The summed E-state index contributed by atoms with van der Waals surface area (Å²) in [7, 11) is 0. The predicted molar refractivity (Wildman–Crippen MR) is 99.6 cm³/mol. The maximum absolute atomic E-state index is 12.7. The van der Waals surface area contributed by atoms with Crippen molar-refractivity contribution in [1.29, 1.82) is 0 Å². The number of hydrogen-bond acceptors (Lipinski definition) is 4. The standard InChI is InChI=1S/C19H18ClFN2O4/c1-12(8-21)11-26-17-6-5-14(20)7-13(17)10-23-16-3-2-4-18(27-19(24)25)15(16)9-22-23/h2-7,9,12H,8,10-11H2,1H3,(H,24,25). The molecule has 142 valence electrons. The number of fused-ring (bicyclic) bond motifs is 1. The van der Waals surface area contributed by atoms with Crippen LogP contribution < -0.4 is 9.47 Å². The summed E-state index contributed by atoms with van der Waals surface area (Å²) >= 11 is 6.12. The van der Waals surface area contributed by atoms with Crippen molar-refractivity contribution in [2.45, 2.75) is 13.5 Å². The summed E-state index contributed by atoms with van der Waals surface area (Å²) in [6.45, 7) is 1.90. The molecule has 3 rings (SSSR count). The monoisotopic (exact) mass is 392 g/mol. The fourth-order valence-corrected chi connectivity index (χ4v) is 2.83. The molecule has 0 saturated carbocycles. The lowest BCUT2D eigenvalue weighted by molar-refractivity contribution is 0.145. The van der Waals surface area contributed by atoms with E-state index in [2.05, 4.69) is 5.10 Å². The van der Waals surface area contributed by atoms with E-state index in [0.29, 0.717) is 28.2 Å². The number of benzene rings is 2. The van der Waals surface area contributed by atoms with Gasteiger partial charge in [0.05, 0.1) is 36.9 Å². The second kappa shape index (κ2) is 8.26. The van der Waals surface area contributed by atoms with Gasteiger partial charge < -0.3 is 14.6 Å². The highest BCUT2D eigenvalue weighted by atomic mass is 35.5. The molecule has 1 aromatic heterocycles. The summed E-state index contributed by atoms with van der Waals surface area (Å²) in [6.07, 6.45) is 0.159. The van der Waals surface area contributed by atoms with Crippen LogP contribution >= 0.6 is 11.6 Å². The van der Waals surface area contributed by atoms with Gasteiger partial charge >= 0.3 is 6.16 Å². The Labute approximate surface area is 160 Å². The van der Waals surface area contributed by atoms with Crippen molar-refractivity contribution in [2.75, 3.05) is 13.3 Å². The largest absolute Gasteiger partial charge is 0.511 e. The third-order valence-electron chi connectivity index (χ3n) is 3.97. The van der Waals surface area contributed by atoms with Crippen molar-refractivity contribution in [3.05, 3.63) is 53.2 Å². The van der Waals surface area contributed by atoms with Gasteiger partial charge in [-0.25, -0.2) is 4.79 Å². The average Bonchev–Trinajstić information content (AvgIpc) is 3.04. The lowest BCUT2D eigenvalue weighted by Crippen LogP contribution is -2.12. The first-order valence-electron chi connectivity index (χ1n) is 8.30. The van der Waals surface area contributed by atoms with Crippen molar-refractivity contribution >= 4 is 28.7 Å². The lowest BCUT2D eigenvalue weighted by atomic mass is 10.2. The lowest BCUT2D eigenvalue weighted by Gasteiger charge is -2.14. The Balaban J connectivity index is 1.91. The molecule has 0 aliphatic carbocycles. The van der Waals surface area contributed by atoms with Gasteiger partial charge in [-0.15, -0.1) is 0 Å². The van der Waals surface area contributed by atoms with Crippen molar-refractivity contribution in [1.82, 2.24) is 9.78 Å². The second-order valence-electron chi connectivity index (χ2n) is 6.18. The fourth-order valence-electron chi connectivity index (χ4n) is 2.64. The molecule has 0 radical (unpaired) electrons. The number of aromatic nitrogens is 2. The van der Waals surface area contributed by atoms with Crippen LogP contribution in [0.3, 0.4) is 0 Å². The zero-order valence-corrected chi connectivity index (χ0v) is 15.3. The number of carbonyl (C=O) groups is 1. The molecule has 6 nitrogen and oxygen atoms in total. The van der Waals surface area contributed by atoms with Gasteiger partial charge in [0.15, 0.2) is 0 Å². The molecule has 1 unspecified atom stereocenters. The summed E-state index contributed by atoms with van der Waals surface area (Å²) in [4.78, 5) is 10.8. The summed E-state index contributed by atoms with van der Waals surface area (Å²) in [5.74, 6) is 0.599. The average molecular weight is 393 g/mol. The summed E-state index contributed by atoms with van der Waals surface area (Å²) in [5, 5.41) is 14.3. The van der Waals surface area contributed by atoms with Crippen LogP contribution in [0.4, 0.5) is 9.18 Å². The van der Waals surface area contributed by atoms with E-state index in [4.69, 9.17) is 26.2 Å². The van der Waals surface area contributed by atoms with Crippen LogP contribution in [-0.4, -0.2) is 34.3 Å². The zero-order valence-electron chi connectivity index (χ0n) is 14.6. The quantitative estimate of drug-likeness (QED) is 0.462. The van der Waals surface area contributed by atoms with E-state index in [9.17, 15) is 9.18 Å². The first-order valence-corrected chi connectivity index (χ1v) is 8.68. The van der Waals surface area contributed by atoms with Crippen LogP contribution in [-0.2, 0) is 6.54 Å². The number of alkyl halides is 1. The van der Waals surface area contributed by atoms with E-state index < -0.39 is 12.8 Å². The normalized spacial score (nSPS) is 12.1. The third kappa shape index (κ3) is 4.49. The smallest absolute Gasteiger partial charge is 0.493 e. The van der Waals surface area contributed by atoms with Crippen LogP contribution in [0, 0.1) is 5.92 Å². The Morgan fingerprint density at radius 2 is 2.15 bits per heavy atom. The van der Waals surface area contributed by atoms with Gasteiger partial charge in [-0.05, 0) is 30.3 Å². The molecular formula is C19H18ClFN2O4. The molecule has 1 heterocycles. The maximum atomic E-state index is 12.7. The highest BCUT2D eigenvalue weighted by molar-refractivity contribution is 6.30. The SMILES string of the molecule is CC(CF)COc1ccc(Cl)cc1Cn1ncc2c(OC(=O)O)cccc21. The Kier molecular flexibility index (Phi) is 5.81. The van der Waals surface area contributed by atoms with E-state index >= 15 is 0 Å². The van der Waals surface area contributed by atoms with Crippen molar-refractivity contribution in [2.24, 2.45) is 5.92 Å². The number of hydrogen-bond donors (Lipinski definition) is 1. The molecule has 0 amide bonds. The Morgan fingerprint density at radius 1 is 1.33 bits per heavy atom. The Bertz CT molecular complexity index is 960. The molecule has 8 heteroatoms. The number of nitrogens with zero attached hydrogens (tertiary/aromatic N) is 2. The number of ether oxygens (including phenoxy) is 2. The molecular weight excluding hydrogens is 375 g/mol. The van der Waals surface area contributed by atoms with E-state index in [1.807, 2.05) is 6.07 Å². The summed E-state index contributed by atoms with van der Waals surface area (Å²) in [5.41, 5.74) is 1.49. The molecule has 0 bridgehead atoms. The van der Waals surface area contributed by atoms with E-state index in [-0.39, 0.29) is 18.3 Å². The first-order chi connectivity index (χ1) is 13.0. The molecule has 27 heavy (non-hydrogen) atoms. The fraction of sp³-hybridized carbons (Fsp3) is 0.263. The molecule has 0 fully saturated rings. The van der Waals surface area contributed by atoms with Gasteiger partial charge in [0, 0.05) is 16.5 Å². The third-order valence-corrected chi connectivity index (χ3v) is 4.21. The molecule has 3 aromatic rings. The van der Waals surface area contributed by atoms with Gasteiger partial charge in [0.1, 0.15) is 11.5 Å². The zero-order chi connectivity index (χ0) is 19.4. The molecule has 1 N–H and O–H groups in total. The van der Waals surface area contributed by atoms with Gasteiger partial charge in [-0.1, -0.05) is 24.6 Å². The van der Waals surface area contributed by atoms with Crippen LogP contribution in [0.5, 0.6) is 11.5 Å². The molecule has 1 atom stereocenters. The first kappa shape index (κ1) is 19.0. The summed E-state index contributed by atoms with van der Waals surface area (Å²) < 4.78 is 24.9. The second-order valence-corrected chi connectivity index (χ2v) is 6.62. The maximum Gasteiger partial charge on any atom is 0.511 e. The predicted octanol–water partition coefficient (Wildman–Crippen LogP) is 4.78. The van der Waals surface area contributed by atoms with Crippen LogP contribution in [0.25, 0.3) is 10.9 Å². The van der Waals surface area contributed by atoms with Gasteiger partial charge in [-0.3, -0.25) is 9.07 Å². The minimum Gasteiger partial charge on any atom is -0.493 e. The molecule has 0 aliphatic heterocycles. The van der Waals surface area contributed by atoms with E-state index in [0.717, 1.165) is 5.56 Å². The van der Waals surface area contributed by atoms with Crippen molar-refractivity contribution < 1.29 is 23.8 Å². The highest BCUT2D eigenvalue weighted by Gasteiger charge is 2.13. The van der Waals surface area contributed by atoms with Crippen molar-refractivity contribution in [3.8, 4) is 11.5 Å². The number of carboxylic acid groups (broad SMARTS) is 1. The molecule has 0 spiro atoms. The van der Waals surface area contributed by atoms with Gasteiger partial charge in [0.2, 0.25) is 0 Å². The Hall–Kier alpha value is -2.80. The highest BCUT2D eigenvalue weighted by Crippen LogP contribution is 2.29. The molecule has 0 saturated heterocycles. The van der Waals surface area contributed by atoms with Gasteiger partial charge in [-0.2, -0.15) is 5.10 Å². The minimum atomic E-state index is -1.39. The topological polar surface area (TPSA) is 73.6 Å². The van der Waals surface area contributed by atoms with Crippen LogP contribution in [0.15, 0.2) is 42.6 Å². The van der Waals surface area contributed by atoms with E-state index in [1.54, 1.807) is 48.1 Å². The van der Waals surface area contributed by atoms with Crippen LogP contribution in [0.1, 0.15) is 12.5 Å². The van der Waals surface area contributed by atoms with Crippen molar-refractivity contribution in [3.63, 3.8) is 0 Å². The number of rotatable bonds is 7.